The lowest BCUT2D eigenvalue weighted by atomic mass is 10.1. The topological polar surface area (TPSA) is 48.1 Å². The van der Waals surface area contributed by atoms with Crippen LogP contribution in [0.25, 0.3) is 10.9 Å². The summed E-state index contributed by atoms with van der Waals surface area (Å²) < 4.78 is 0. The number of carbonyl (C=O) groups excluding carboxylic acids is 1. The van der Waals surface area contributed by atoms with Crippen molar-refractivity contribution < 1.29 is 4.79 Å². The third-order valence-corrected chi connectivity index (χ3v) is 3.20. The second-order valence-electron chi connectivity index (χ2n) is 4.33. The molecule has 17 heavy (non-hydrogen) atoms. The highest BCUT2D eigenvalue weighted by Gasteiger charge is 2.18. The highest BCUT2D eigenvalue weighted by molar-refractivity contribution is 5.83. The van der Waals surface area contributed by atoms with Crippen molar-refractivity contribution in [2.45, 2.75) is 6.04 Å². The van der Waals surface area contributed by atoms with Crippen molar-refractivity contribution >= 4 is 22.9 Å². The summed E-state index contributed by atoms with van der Waals surface area (Å²) in [4.78, 5) is 16.1. The van der Waals surface area contributed by atoms with Crippen LogP contribution in [0.3, 0.4) is 0 Å². The number of carbonyl (C=O) groups is 1. The van der Waals surface area contributed by atoms with Crippen LogP contribution >= 0.6 is 0 Å². The number of aromatic amines is 1. The minimum Gasteiger partial charge on any atom is -0.368 e. The van der Waals surface area contributed by atoms with Gasteiger partial charge >= 0.3 is 0 Å². The number of nitrogens with one attached hydrogen (secondary N) is 2. The molecule has 4 nitrogen and oxygen atoms in total. The van der Waals surface area contributed by atoms with Gasteiger partial charge in [0.05, 0.1) is 12.2 Å². The number of benzene rings is 1. The summed E-state index contributed by atoms with van der Waals surface area (Å²) in [6.07, 6.45) is 3.96. The van der Waals surface area contributed by atoms with Gasteiger partial charge in [-0.25, -0.2) is 0 Å². The maximum absolute atomic E-state index is 10.8. The Hall–Kier alpha value is -1.81. The molecular formula is C13H14N3O. The van der Waals surface area contributed by atoms with Gasteiger partial charge in [0.25, 0.3) is 0 Å². The van der Waals surface area contributed by atoms with Crippen LogP contribution in [0.2, 0.25) is 0 Å². The van der Waals surface area contributed by atoms with Crippen molar-refractivity contribution in [3.8, 4) is 0 Å². The summed E-state index contributed by atoms with van der Waals surface area (Å²) in [6.45, 7) is 2.52. The van der Waals surface area contributed by atoms with E-state index in [0.29, 0.717) is 0 Å². The van der Waals surface area contributed by atoms with Gasteiger partial charge in [0, 0.05) is 36.2 Å². The monoisotopic (exact) mass is 228 g/mol. The molecule has 1 aromatic heterocycles. The molecule has 3 rings (SSSR count). The van der Waals surface area contributed by atoms with Crippen molar-refractivity contribution in [2.75, 3.05) is 24.5 Å². The second-order valence-corrected chi connectivity index (χ2v) is 4.33. The van der Waals surface area contributed by atoms with Gasteiger partial charge in [0.15, 0.2) is 0 Å². The van der Waals surface area contributed by atoms with Gasteiger partial charge in [0.1, 0.15) is 6.29 Å². The van der Waals surface area contributed by atoms with Crippen molar-refractivity contribution in [1.29, 1.82) is 0 Å². The molecule has 2 aromatic rings. The van der Waals surface area contributed by atoms with E-state index in [4.69, 9.17) is 0 Å². The average Bonchev–Trinajstić information content (AvgIpc) is 2.86. The van der Waals surface area contributed by atoms with Crippen molar-refractivity contribution in [2.24, 2.45) is 0 Å². The Balaban J connectivity index is 1.89. The van der Waals surface area contributed by atoms with Crippen molar-refractivity contribution in [3.05, 3.63) is 30.5 Å². The van der Waals surface area contributed by atoms with Crippen LogP contribution in [0.4, 0.5) is 5.69 Å². The molecule has 0 saturated carbocycles. The lowest BCUT2D eigenvalue weighted by molar-refractivity contribution is -0.109. The number of anilines is 1. The number of aldehydes is 1. The van der Waals surface area contributed by atoms with Gasteiger partial charge in [-0.2, -0.15) is 0 Å². The fourth-order valence-electron chi connectivity index (χ4n) is 2.28. The summed E-state index contributed by atoms with van der Waals surface area (Å²) >= 11 is 0. The molecule has 0 amide bonds. The smallest absolute Gasteiger partial charge is 0.138 e. The van der Waals surface area contributed by atoms with Gasteiger partial charge in [-0.1, -0.05) is 0 Å². The van der Waals surface area contributed by atoms with E-state index in [1.165, 1.54) is 5.69 Å². The molecule has 2 heterocycles. The van der Waals surface area contributed by atoms with Crippen LogP contribution in [-0.4, -0.2) is 36.9 Å². The second kappa shape index (κ2) is 4.22. The van der Waals surface area contributed by atoms with Crippen LogP contribution in [0.1, 0.15) is 0 Å². The molecule has 1 aromatic carbocycles. The van der Waals surface area contributed by atoms with Crippen LogP contribution in [0.5, 0.6) is 0 Å². The Bertz CT molecular complexity index is 534. The molecule has 4 heteroatoms. The van der Waals surface area contributed by atoms with E-state index < -0.39 is 0 Å². The van der Waals surface area contributed by atoms with Crippen LogP contribution in [-0.2, 0) is 4.79 Å². The minimum absolute atomic E-state index is 0.0581. The highest BCUT2D eigenvalue weighted by atomic mass is 16.1. The van der Waals surface area contributed by atoms with Gasteiger partial charge in [-0.3, -0.25) is 0 Å². The largest absolute Gasteiger partial charge is 0.368 e. The Morgan fingerprint density at radius 1 is 1.47 bits per heavy atom. The minimum atomic E-state index is -0.0581. The number of fused-ring (bicyclic) bond motifs is 1. The van der Waals surface area contributed by atoms with Gasteiger partial charge in [-0.05, 0) is 24.3 Å². The summed E-state index contributed by atoms with van der Waals surface area (Å²) in [5.41, 5.74) is 2.26. The molecule has 1 atom stereocenters. The van der Waals surface area contributed by atoms with Crippen LogP contribution < -0.4 is 10.2 Å². The maximum Gasteiger partial charge on any atom is 0.138 e. The molecule has 1 saturated heterocycles. The number of aromatic nitrogens is 1. The number of hydrogen-bond donors (Lipinski definition) is 2. The SMILES string of the molecule is O=CC1CN(c2ccc3[nH][c]cc3c2)CCN1. The molecule has 1 fully saturated rings. The highest BCUT2D eigenvalue weighted by Crippen LogP contribution is 2.21. The predicted octanol–water partition coefficient (Wildman–Crippen LogP) is 0.945. The van der Waals surface area contributed by atoms with E-state index in [-0.39, 0.29) is 6.04 Å². The summed E-state index contributed by atoms with van der Waals surface area (Å²) in [6, 6.07) is 8.16. The molecule has 1 aliphatic rings. The molecule has 0 bridgehead atoms. The first-order valence-corrected chi connectivity index (χ1v) is 5.79. The van der Waals surface area contributed by atoms with Gasteiger partial charge in [-0.15, -0.1) is 0 Å². The fourth-order valence-corrected chi connectivity index (χ4v) is 2.28. The third-order valence-electron chi connectivity index (χ3n) is 3.20. The normalized spacial score (nSPS) is 20.7. The zero-order valence-corrected chi connectivity index (χ0v) is 9.44. The molecular weight excluding hydrogens is 214 g/mol. The summed E-state index contributed by atoms with van der Waals surface area (Å²) in [5.74, 6) is 0. The lowest BCUT2D eigenvalue weighted by Crippen LogP contribution is -2.51. The van der Waals surface area contributed by atoms with E-state index in [2.05, 4.69) is 39.6 Å². The van der Waals surface area contributed by atoms with Gasteiger partial charge in [0.2, 0.25) is 0 Å². The van der Waals surface area contributed by atoms with E-state index >= 15 is 0 Å². The maximum atomic E-state index is 10.8. The predicted molar refractivity (Wildman–Crippen MR) is 67.2 cm³/mol. The fraction of sp³-hybridized carbons (Fsp3) is 0.308. The van der Waals surface area contributed by atoms with Crippen molar-refractivity contribution in [3.63, 3.8) is 0 Å². The summed E-state index contributed by atoms with van der Waals surface area (Å²) in [5, 5.41) is 4.33. The molecule has 1 unspecified atom stereocenters. The number of hydrogen-bond acceptors (Lipinski definition) is 3. The Morgan fingerprint density at radius 2 is 2.41 bits per heavy atom. The Kier molecular flexibility index (Phi) is 2.57. The zero-order valence-electron chi connectivity index (χ0n) is 9.44. The summed E-state index contributed by atoms with van der Waals surface area (Å²) in [7, 11) is 0. The lowest BCUT2D eigenvalue weighted by Gasteiger charge is -2.32. The first-order chi connectivity index (χ1) is 8.36. The number of piperazine rings is 1. The van der Waals surface area contributed by atoms with Gasteiger partial charge < -0.3 is 20.0 Å². The van der Waals surface area contributed by atoms with E-state index in [1.54, 1.807) is 0 Å². The Morgan fingerprint density at radius 3 is 3.29 bits per heavy atom. The van der Waals surface area contributed by atoms with E-state index in [1.807, 2.05) is 6.07 Å². The third kappa shape index (κ3) is 1.91. The molecule has 1 aliphatic heterocycles. The number of nitrogens with zero attached hydrogens (tertiary/aromatic N) is 1. The average molecular weight is 228 g/mol. The Labute approximate surface area is 99.6 Å². The van der Waals surface area contributed by atoms with Crippen molar-refractivity contribution in [1.82, 2.24) is 10.3 Å². The van der Waals surface area contributed by atoms with Crippen LogP contribution in [0.15, 0.2) is 24.3 Å². The molecule has 87 valence electrons. The quantitative estimate of drug-likeness (QED) is 0.752. The zero-order chi connectivity index (χ0) is 11.7. The first-order valence-electron chi connectivity index (χ1n) is 5.79. The molecule has 1 radical (unpaired) electrons. The first kappa shape index (κ1) is 10.4. The molecule has 2 N–H and O–H groups in total. The van der Waals surface area contributed by atoms with E-state index in [9.17, 15) is 4.79 Å². The van der Waals surface area contributed by atoms with Crippen LogP contribution in [0, 0.1) is 6.20 Å². The standard InChI is InChI=1S/C13H14N3O/c17-9-11-8-16(6-5-14-11)12-1-2-13-10(7-12)3-4-15-13/h1-3,7,9,11,14-15H,5-6,8H2. The number of H-pyrrole nitrogens is 1. The molecule has 0 spiro atoms. The molecule has 0 aliphatic carbocycles. The van der Waals surface area contributed by atoms with E-state index in [0.717, 1.165) is 36.8 Å². The number of rotatable bonds is 2.